The summed E-state index contributed by atoms with van der Waals surface area (Å²) in [5.74, 6) is -0.894. The Hall–Kier alpha value is -2.69. The Morgan fingerprint density at radius 3 is 2.74 bits per heavy atom. The lowest BCUT2D eigenvalue weighted by molar-refractivity contribution is -0.118. The molecule has 2 rings (SSSR count). The van der Waals surface area contributed by atoms with Gasteiger partial charge in [0, 0.05) is 24.1 Å². The van der Waals surface area contributed by atoms with Crippen molar-refractivity contribution < 1.29 is 13.9 Å². The number of benzene rings is 1. The molecule has 0 saturated carbocycles. The van der Waals surface area contributed by atoms with Crippen LogP contribution in [0.4, 0.5) is 4.39 Å². The molecule has 1 heterocycles. The van der Waals surface area contributed by atoms with E-state index in [1.807, 2.05) is 13.0 Å². The highest BCUT2D eigenvalue weighted by Gasteiger charge is 2.22. The molecular formula is C19H20ClFN4O2. The Morgan fingerprint density at radius 2 is 2.19 bits per heavy atom. The fourth-order valence-corrected chi connectivity index (χ4v) is 2.85. The number of hydrogen-bond acceptors (Lipinski definition) is 5. The first-order chi connectivity index (χ1) is 12.8. The molecule has 1 aromatic heterocycles. The number of primary amides is 1. The van der Waals surface area contributed by atoms with Crippen molar-refractivity contribution in [2.45, 2.75) is 38.8 Å². The van der Waals surface area contributed by atoms with Crippen LogP contribution in [0.2, 0.25) is 5.02 Å². The van der Waals surface area contributed by atoms with Gasteiger partial charge in [-0.1, -0.05) is 24.6 Å². The molecule has 1 aromatic carbocycles. The maximum absolute atomic E-state index is 15.1. The zero-order valence-electron chi connectivity index (χ0n) is 15.0. The van der Waals surface area contributed by atoms with Crippen molar-refractivity contribution in [2.24, 2.45) is 5.73 Å². The number of halogens is 2. The van der Waals surface area contributed by atoms with Crippen LogP contribution in [0.5, 0.6) is 11.5 Å². The van der Waals surface area contributed by atoms with Crippen molar-refractivity contribution in [1.82, 2.24) is 10.3 Å². The van der Waals surface area contributed by atoms with E-state index in [0.29, 0.717) is 12.0 Å². The van der Waals surface area contributed by atoms with Gasteiger partial charge in [-0.15, -0.1) is 0 Å². The summed E-state index contributed by atoms with van der Waals surface area (Å²) in [4.78, 5) is 15.0. The van der Waals surface area contributed by atoms with Gasteiger partial charge in [-0.25, -0.2) is 9.37 Å². The molecule has 1 amide bonds. The molecule has 0 aliphatic carbocycles. The van der Waals surface area contributed by atoms with E-state index in [0.717, 1.165) is 0 Å². The summed E-state index contributed by atoms with van der Waals surface area (Å²) >= 11 is 6.11. The van der Waals surface area contributed by atoms with E-state index in [4.69, 9.17) is 27.3 Å². The fourth-order valence-electron chi connectivity index (χ4n) is 2.67. The Morgan fingerprint density at radius 1 is 1.44 bits per heavy atom. The number of nitrogens with two attached hydrogens (primary N) is 1. The van der Waals surface area contributed by atoms with Crippen LogP contribution in [0.25, 0.3) is 0 Å². The highest BCUT2D eigenvalue weighted by Crippen LogP contribution is 2.36. The Bertz CT molecular complexity index is 852. The molecule has 0 aliphatic rings. The number of aromatic nitrogens is 1. The van der Waals surface area contributed by atoms with Gasteiger partial charge in [0.25, 0.3) is 0 Å². The van der Waals surface area contributed by atoms with Crippen molar-refractivity contribution in [3.05, 3.63) is 52.6 Å². The summed E-state index contributed by atoms with van der Waals surface area (Å²) in [7, 11) is 0. The summed E-state index contributed by atoms with van der Waals surface area (Å²) in [6.07, 6.45) is 2.05. The Kier molecular flexibility index (Phi) is 7.11. The third-order valence-electron chi connectivity index (χ3n) is 3.93. The SMILES string of the molecule is CC[C@@H](N[C@H](C)CC(N)=O)c1ccc(Cl)c(Oc2ccc(C#N)nc2)c1F. The van der Waals surface area contributed by atoms with Gasteiger partial charge in [0.05, 0.1) is 11.2 Å². The second-order valence-electron chi connectivity index (χ2n) is 6.07. The van der Waals surface area contributed by atoms with Crippen molar-refractivity contribution in [3.63, 3.8) is 0 Å². The lowest BCUT2D eigenvalue weighted by atomic mass is 10.0. The second-order valence-corrected chi connectivity index (χ2v) is 6.48. The molecule has 3 N–H and O–H groups in total. The summed E-state index contributed by atoms with van der Waals surface area (Å²) in [6, 6.07) is 7.45. The van der Waals surface area contributed by atoms with Gasteiger partial charge in [0.2, 0.25) is 5.91 Å². The van der Waals surface area contributed by atoms with Crippen LogP contribution in [-0.4, -0.2) is 16.9 Å². The van der Waals surface area contributed by atoms with Crippen molar-refractivity contribution in [3.8, 4) is 17.6 Å². The first-order valence-corrected chi connectivity index (χ1v) is 8.79. The van der Waals surface area contributed by atoms with E-state index in [2.05, 4.69) is 10.3 Å². The third kappa shape index (κ3) is 5.39. The molecule has 0 bridgehead atoms. The second kappa shape index (κ2) is 9.31. The zero-order valence-corrected chi connectivity index (χ0v) is 15.8. The average molecular weight is 391 g/mol. The number of nitriles is 1. The normalized spacial score (nSPS) is 12.9. The predicted molar refractivity (Wildman–Crippen MR) is 99.9 cm³/mol. The molecule has 2 atom stereocenters. The molecule has 2 aromatic rings. The predicted octanol–water partition coefficient (Wildman–Crippen LogP) is 3.84. The van der Waals surface area contributed by atoms with E-state index in [9.17, 15) is 4.79 Å². The van der Waals surface area contributed by atoms with Crippen molar-refractivity contribution in [1.29, 1.82) is 5.26 Å². The minimum Gasteiger partial charge on any atom is -0.451 e. The first kappa shape index (κ1) is 20.6. The number of hydrogen-bond donors (Lipinski definition) is 2. The number of ether oxygens (including phenoxy) is 1. The number of pyridine rings is 1. The highest BCUT2D eigenvalue weighted by molar-refractivity contribution is 6.32. The minimum absolute atomic E-state index is 0.112. The van der Waals surface area contributed by atoms with Crippen molar-refractivity contribution in [2.75, 3.05) is 0 Å². The molecule has 0 unspecified atom stereocenters. The molecule has 0 fully saturated rings. The summed E-state index contributed by atoms with van der Waals surface area (Å²) in [5, 5.41) is 12.1. The number of nitrogens with zero attached hydrogens (tertiary/aromatic N) is 2. The summed E-state index contributed by atoms with van der Waals surface area (Å²) < 4.78 is 20.7. The van der Waals surface area contributed by atoms with Crippen molar-refractivity contribution >= 4 is 17.5 Å². The summed E-state index contributed by atoms with van der Waals surface area (Å²) in [6.45, 7) is 3.70. The number of amides is 1. The molecule has 0 saturated heterocycles. The topological polar surface area (TPSA) is 101 Å². The van der Waals surface area contributed by atoms with E-state index < -0.39 is 11.7 Å². The van der Waals surface area contributed by atoms with E-state index >= 15 is 4.39 Å². The zero-order chi connectivity index (χ0) is 20.0. The summed E-state index contributed by atoms with van der Waals surface area (Å²) in [5.41, 5.74) is 5.81. The van der Waals surface area contributed by atoms with Crippen LogP contribution in [0, 0.1) is 17.1 Å². The molecule has 0 aliphatic heterocycles. The lowest BCUT2D eigenvalue weighted by Gasteiger charge is -2.23. The largest absolute Gasteiger partial charge is 0.451 e. The van der Waals surface area contributed by atoms with Gasteiger partial charge in [-0.3, -0.25) is 4.79 Å². The van der Waals surface area contributed by atoms with E-state index in [1.54, 1.807) is 19.1 Å². The molecule has 6 nitrogen and oxygen atoms in total. The van der Waals surface area contributed by atoms with Crippen LogP contribution in [0.15, 0.2) is 30.5 Å². The lowest BCUT2D eigenvalue weighted by Crippen LogP contribution is -2.34. The van der Waals surface area contributed by atoms with Crippen LogP contribution < -0.4 is 15.8 Å². The maximum Gasteiger partial charge on any atom is 0.218 e. The third-order valence-corrected chi connectivity index (χ3v) is 4.22. The molecule has 0 spiro atoms. The van der Waals surface area contributed by atoms with Gasteiger partial charge < -0.3 is 15.8 Å². The molecule has 8 heteroatoms. The minimum atomic E-state index is -0.600. The first-order valence-electron chi connectivity index (χ1n) is 8.41. The van der Waals surface area contributed by atoms with Crippen LogP contribution >= 0.6 is 11.6 Å². The number of carbonyl (C=O) groups excluding carboxylic acids is 1. The van der Waals surface area contributed by atoms with Crippen LogP contribution in [-0.2, 0) is 4.79 Å². The average Bonchev–Trinajstić information content (AvgIpc) is 2.63. The number of rotatable bonds is 8. The smallest absolute Gasteiger partial charge is 0.218 e. The maximum atomic E-state index is 15.1. The number of nitrogens with one attached hydrogen (secondary N) is 1. The molecule has 27 heavy (non-hydrogen) atoms. The van der Waals surface area contributed by atoms with E-state index in [-0.39, 0.29) is 40.7 Å². The molecule has 0 radical (unpaired) electrons. The van der Waals surface area contributed by atoms with Gasteiger partial charge in [0.15, 0.2) is 11.6 Å². The van der Waals surface area contributed by atoms with E-state index in [1.165, 1.54) is 18.3 Å². The molecular weight excluding hydrogens is 371 g/mol. The van der Waals surface area contributed by atoms with Gasteiger partial charge in [-0.2, -0.15) is 5.26 Å². The van der Waals surface area contributed by atoms with Crippen LogP contribution in [0.3, 0.4) is 0 Å². The monoisotopic (exact) mass is 390 g/mol. The highest BCUT2D eigenvalue weighted by atomic mass is 35.5. The van der Waals surface area contributed by atoms with Crippen LogP contribution in [0.1, 0.15) is 44.0 Å². The van der Waals surface area contributed by atoms with Gasteiger partial charge >= 0.3 is 0 Å². The van der Waals surface area contributed by atoms with Gasteiger partial charge in [-0.05, 0) is 31.5 Å². The van der Waals surface area contributed by atoms with Gasteiger partial charge in [0.1, 0.15) is 17.5 Å². The fraction of sp³-hybridized carbons (Fsp3) is 0.316. The standard InChI is InChI=1S/C19H20ClFN4O2/c1-3-16(25-11(2)8-17(23)26)14-6-7-15(20)19(18(14)21)27-13-5-4-12(9-22)24-10-13/h4-7,10-11,16,25H,3,8H2,1-2H3,(H2,23,26)/t11-,16-/m1/s1. The number of carbonyl (C=O) groups is 1. The Labute approximate surface area is 162 Å². The quantitative estimate of drug-likeness (QED) is 0.713. The Balaban J connectivity index is 2.29. The molecule has 142 valence electrons.